The van der Waals surface area contributed by atoms with Crippen molar-refractivity contribution in [3.63, 3.8) is 0 Å². The van der Waals surface area contributed by atoms with E-state index in [2.05, 4.69) is 4.74 Å². The number of amides is 2. The van der Waals surface area contributed by atoms with Crippen molar-refractivity contribution in [2.75, 3.05) is 27.3 Å². The second kappa shape index (κ2) is 7.16. The Morgan fingerprint density at radius 1 is 1.16 bits per heavy atom. The molecule has 0 spiro atoms. The van der Waals surface area contributed by atoms with Gasteiger partial charge in [0.2, 0.25) is 0 Å². The summed E-state index contributed by atoms with van der Waals surface area (Å²) in [7, 11) is 2.59. The van der Waals surface area contributed by atoms with Gasteiger partial charge in [0.25, 0.3) is 0 Å². The van der Waals surface area contributed by atoms with Crippen LogP contribution in [0.5, 0.6) is 0 Å². The lowest BCUT2D eigenvalue weighted by Crippen LogP contribution is -2.43. The molecule has 0 aliphatic carbocycles. The molecule has 0 radical (unpaired) electrons. The van der Waals surface area contributed by atoms with Crippen LogP contribution in [0.3, 0.4) is 0 Å². The zero-order valence-corrected chi connectivity index (χ0v) is 15.2. The standard InChI is InChI=1S/C17H24N2O6/c1-17(2,3)25-16(22)19-9-11(8-14(20)23-4)12-10-18(15(21)24-5)7-6-13(12)19/h8,10,13H,6-7,9H2,1-5H3/b11-8+. The second-order valence-electron chi connectivity index (χ2n) is 6.85. The van der Waals surface area contributed by atoms with Crippen molar-refractivity contribution >= 4 is 18.2 Å². The molecule has 8 nitrogen and oxygen atoms in total. The van der Waals surface area contributed by atoms with Crippen LogP contribution in [0, 0.1) is 0 Å². The van der Waals surface area contributed by atoms with Crippen molar-refractivity contribution in [1.82, 2.24) is 9.80 Å². The van der Waals surface area contributed by atoms with E-state index in [1.165, 1.54) is 25.2 Å². The van der Waals surface area contributed by atoms with Gasteiger partial charge in [-0.15, -0.1) is 0 Å². The maximum Gasteiger partial charge on any atom is 0.413 e. The van der Waals surface area contributed by atoms with E-state index in [0.29, 0.717) is 24.1 Å². The fourth-order valence-corrected chi connectivity index (χ4v) is 2.84. The van der Waals surface area contributed by atoms with E-state index in [9.17, 15) is 14.4 Å². The van der Waals surface area contributed by atoms with Crippen molar-refractivity contribution in [2.45, 2.75) is 38.8 Å². The highest BCUT2D eigenvalue weighted by Crippen LogP contribution is 2.35. The minimum atomic E-state index is -0.623. The Morgan fingerprint density at radius 3 is 2.40 bits per heavy atom. The van der Waals surface area contributed by atoms with Gasteiger partial charge < -0.3 is 14.2 Å². The number of nitrogens with zero attached hydrogens (tertiary/aromatic N) is 2. The van der Waals surface area contributed by atoms with E-state index in [1.54, 1.807) is 31.9 Å². The van der Waals surface area contributed by atoms with Gasteiger partial charge in [-0.05, 0) is 38.3 Å². The first-order valence-electron chi connectivity index (χ1n) is 8.01. The third-order valence-electron chi connectivity index (χ3n) is 3.92. The summed E-state index contributed by atoms with van der Waals surface area (Å²) in [5.74, 6) is -0.518. The number of likely N-dealkylation sites (tertiary alicyclic amines) is 1. The summed E-state index contributed by atoms with van der Waals surface area (Å²) in [6, 6.07) is -0.258. The summed E-state index contributed by atoms with van der Waals surface area (Å²) < 4.78 is 14.9. The SMILES string of the molecule is COC(=O)/C=C1\CN(C(=O)OC(C)(C)C)C2CCN(C(=O)OC)C=C12. The molecule has 2 aliphatic rings. The molecule has 2 heterocycles. The van der Waals surface area contributed by atoms with E-state index in [-0.39, 0.29) is 12.6 Å². The lowest BCUT2D eigenvalue weighted by molar-refractivity contribution is -0.134. The first-order chi connectivity index (χ1) is 11.7. The normalized spacial score (nSPS) is 21.6. The molecule has 0 N–H and O–H groups in total. The molecule has 2 aliphatic heterocycles. The summed E-state index contributed by atoms with van der Waals surface area (Å²) in [5.41, 5.74) is 0.715. The molecule has 25 heavy (non-hydrogen) atoms. The predicted molar refractivity (Wildman–Crippen MR) is 88.6 cm³/mol. The minimum Gasteiger partial charge on any atom is -0.466 e. The Balaban J connectivity index is 2.34. The highest BCUT2D eigenvalue weighted by molar-refractivity contribution is 5.85. The number of hydrogen-bond donors (Lipinski definition) is 0. The Kier molecular flexibility index (Phi) is 5.39. The smallest absolute Gasteiger partial charge is 0.413 e. The van der Waals surface area contributed by atoms with Crippen LogP contribution in [-0.2, 0) is 19.0 Å². The van der Waals surface area contributed by atoms with Crippen molar-refractivity contribution < 1.29 is 28.6 Å². The number of fused-ring (bicyclic) bond motifs is 1. The number of methoxy groups -OCH3 is 2. The molecule has 2 rings (SSSR count). The minimum absolute atomic E-state index is 0.218. The third kappa shape index (κ3) is 4.32. The largest absolute Gasteiger partial charge is 0.466 e. The van der Waals surface area contributed by atoms with E-state index in [0.717, 1.165) is 0 Å². The molecule has 0 aromatic heterocycles. The van der Waals surface area contributed by atoms with Gasteiger partial charge in [0, 0.05) is 18.8 Å². The maximum atomic E-state index is 12.5. The molecule has 0 aromatic carbocycles. The summed E-state index contributed by atoms with van der Waals surface area (Å²) in [4.78, 5) is 39.0. The molecule has 1 fully saturated rings. The summed E-state index contributed by atoms with van der Waals surface area (Å²) in [6.45, 7) is 6.01. The predicted octanol–water partition coefficient (Wildman–Crippen LogP) is 2.06. The van der Waals surface area contributed by atoms with Gasteiger partial charge in [0.1, 0.15) is 5.60 Å². The molecular formula is C17H24N2O6. The maximum absolute atomic E-state index is 12.5. The van der Waals surface area contributed by atoms with Gasteiger partial charge in [-0.3, -0.25) is 9.80 Å². The Morgan fingerprint density at radius 2 is 1.84 bits per heavy atom. The molecule has 8 heteroatoms. The van der Waals surface area contributed by atoms with Crippen molar-refractivity contribution in [1.29, 1.82) is 0 Å². The molecule has 0 aromatic rings. The lowest BCUT2D eigenvalue weighted by atomic mass is 9.98. The molecule has 138 valence electrons. The Hall–Kier alpha value is -2.51. The van der Waals surface area contributed by atoms with Crippen LogP contribution in [0.25, 0.3) is 0 Å². The topological polar surface area (TPSA) is 85.4 Å². The summed E-state index contributed by atoms with van der Waals surface area (Å²) >= 11 is 0. The number of carbonyl (C=O) groups is 3. The lowest BCUT2D eigenvalue weighted by Gasteiger charge is -2.32. The van der Waals surface area contributed by atoms with E-state index < -0.39 is 23.8 Å². The molecule has 0 saturated carbocycles. The molecule has 2 amide bonds. The molecule has 0 bridgehead atoms. The van der Waals surface area contributed by atoms with E-state index in [1.807, 2.05) is 0 Å². The van der Waals surface area contributed by atoms with Crippen molar-refractivity contribution in [3.8, 4) is 0 Å². The van der Waals surface area contributed by atoms with Gasteiger partial charge in [-0.25, -0.2) is 14.4 Å². The highest BCUT2D eigenvalue weighted by atomic mass is 16.6. The van der Waals surface area contributed by atoms with Crippen LogP contribution in [0.4, 0.5) is 9.59 Å². The molecule has 1 unspecified atom stereocenters. The quantitative estimate of drug-likeness (QED) is 0.408. The zero-order chi connectivity index (χ0) is 18.8. The van der Waals surface area contributed by atoms with Gasteiger partial charge >= 0.3 is 18.2 Å². The van der Waals surface area contributed by atoms with Crippen LogP contribution < -0.4 is 0 Å². The third-order valence-corrected chi connectivity index (χ3v) is 3.92. The average Bonchev–Trinajstić information content (AvgIpc) is 2.90. The van der Waals surface area contributed by atoms with E-state index >= 15 is 0 Å². The average molecular weight is 352 g/mol. The van der Waals surface area contributed by atoms with Crippen LogP contribution in [0.2, 0.25) is 0 Å². The van der Waals surface area contributed by atoms with Crippen molar-refractivity contribution in [3.05, 3.63) is 23.4 Å². The van der Waals surface area contributed by atoms with Crippen LogP contribution in [0.15, 0.2) is 23.4 Å². The summed E-state index contributed by atoms with van der Waals surface area (Å²) in [5, 5.41) is 0. The first-order valence-corrected chi connectivity index (χ1v) is 8.01. The number of esters is 1. The van der Waals surface area contributed by atoms with Crippen LogP contribution in [-0.4, -0.2) is 66.9 Å². The molecule has 1 atom stereocenters. The molecular weight excluding hydrogens is 328 g/mol. The molecule has 1 saturated heterocycles. The fraction of sp³-hybridized carbons (Fsp3) is 0.588. The number of ether oxygens (including phenoxy) is 3. The number of rotatable bonds is 1. The first kappa shape index (κ1) is 18.8. The second-order valence-corrected chi connectivity index (χ2v) is 6.85. The van der Waals surface area contributed by atoms with Crippen LogP contribution in [0.1, 0.15) is 27.2 Å². The zero-order valence-electron chi connectivity index (χ0n) is 15.2. The van der Waals surface area contributed by atoms with Gasteiger partial charge in [-0.1, -0.05) is 0 Å². The summed E-state index contributed by atoms with van der Waals surface area (Å²) in [6.07, 6.45) is 2.55. The van der Waals surface area contributed by atoms with Gasteiger partial charge in [0.05, 0.1) is 26.8 Å². The monoisotopic (exact) mass is 352 g/mol. The van der Waals surface area contributed by atoms with Crippen molar-refractivity contribution in [2.24, 2.45) is 0 Å². The number of hydrogen-bond acceptors (Lipinski definition) is 6. The van der Waals surface area contributed by atoms with Gasteiger partial charge in [0.15, 0.2) is 0 Å². The van der Waals surface area contributed by atoms with Crippen LogP contribution >= 0.6 is 0 Å². The van der Waals surface area contributed by atoms with E-state index in [4.69, 9.17) is 9.47 Å². The Bertz CT molecular complexity index is 632. The Labute approximate surface area is 147 Å². The van der Waals surface area contributed by atoms with Gasteiger partial charge in [-0.2, -0.15) is 0 Å². The fourth-order valence-electron chi connectivity index (χ4n) is 2.84. The highest BCUT2D eigenvalue weighted by Gasteiger charge is 2.41. The number of carbonyl (C=O) groups excluding carboxylic acids is 3.